The first kappa shape index (κ1) is 20.2. The molecule has 3 rings (SSSR count). The predicted octanol–water partition coefficient (Wildman–Crippen LogP) is 4.97. The third-order valence-corrected chi connectivity index (χ3v) is 5.10. The lowest BCUT2D eigenvalue weighted by molar-refractivity contribution is -0.116. The van der Waals surface area contributed by atoms with Gasteiger partial charge in [-0.3, -0.25) is 9.59 Å². The van der Waals surface area contributed by atoms with Gasteiger partial charge in [0.15, 0.2) is 0 Å². The minimum absolute atomic E-state index is 0.115. The maximum atomic E-state index is 13.4. The highest BCUT2D eigenvalue weighted by Gasteiger charge is 2.10. The van der Waals surface area contributed by atoms with Gasteiger partial charge in [0.2, 0.25) is 5.91 Å². The first-order valence-electron chi connectivity index (χ1n) is 8.98. The Morgan fingerprint density at radius 1 is 1.03 bits per heavy atom. The van der Waals surface area contributed by atoms with Crippen LogP contribution in [0.1, 0.15) is 33.6 Å². The van der Waals surface area contributed by atoms with Crippen molar-refractivity contribution in [3.8, 4) is 6.07 Å². The van der Waals surface area contributed by atoms with E-state index in [1.54, 1.807) is 41.7 Å². The maximum absolute atomic E-state index is 13.4. The first-order chi connectivity index (χ1) is 14.0. The number of nitrogens with zero attached hydrogens (tertiary/aromatic N) is 1. The second-order valence-electron chi connectivity index (χ2n) is 6.32. The van der Waals surface area contributed by atoms with Gasteiger partial charge in [-0.05, 0) is 60.7 Å². The fourth-order valence-electron chi connectivity index (χ4n) is 2.73. The van der Waals surface area contributed by atoms with Crippen molar-refractivity contribution in [2.24, 2.45) is 0 Å². The normalized spacial score (nSPS) is 10.2. The Labute approximate surface area is 171 Å². The van der Waals surface area contributed by atoms with Crippen LogP contribution < -0.4 is 10.6 Å². The van der Waals surface area contributed by atoms with Gasteiger partial charge < -0.3 is 10.6 Å². The molecule has 1 heterocycles. The van der Waals surface area contributed by atoms with E-state index in [2.05, 4.69) is 10.6 Å². The van der Waals surface area contributed by atoms with Gasteiger partial charge in [-0.2, -0.15) is 5.26 Å². The third kappa shape index (κ3) is 5.74. The van der Waals surface area contributed by atoms with Crippen molar-refractivity contribution in [3.05, 3.63) is 81.8 Å². The maximum Gasteiger partial charge on any atom is 0.255 e. The summed E-state index contributed by atoms with van der Waals surface area (Å²) in [6, 6.07) is 16.1. The standard InChI is InChI=1S/C22H18FN3O2S/c23-20-10-9-18(13-16(20)14-24)26-22(28)15-4-1-5-17(12-15)25-21(27)8-2-6-19-7-3-11-29-19/h1,3-5,7,9-13H,2,6,8H2,(H,25,27)(H,26,28). The van der Waals surface area contributed by atoms with E-state index in [0.29, 0.717) is 23.4 Å². The van der Waals surface area contributed by atoms with Gasteiger partial charge in [0.1, 0.15) is 11.9 Å². The van der Waals surface area contributed by atoms with Gasteiger partial charge >= 0.3 is 0 Å². The van der Waals surface area contributed by atoms with Crippen LogP contribution in [0.4, 0.5) is 15.8 Å². The zero-order valence-electron chi connectivity index (χ0n) is 15.4. The zero-order chi connectivity index (χ0) is 20.6. The molecule has 146 valence electrons. The van der Waals surface area contributed by atoms with Crippen LogP contribution in [0.3, 0.4) is 0 Å². The molecule has 0 saturated carbocycles. The van der Waals surface area contributed by atoms with E-state index >= 15 is 0 Å². The Hall–Kier alpha value is -3.50. The summed E-state index contributed by atoms with van der Waals surface area (Å²) in [6.07, 6.45) is 2.00. The van der Waals surface area contributed by atoms with E-state index in [-0.39, 0.29) is 11.5 Å². The van der Waals surface area contributed by atoms with Crippen LogP contribution in [0.5, 0.6) is 0 Å². The van der Waals surface area contributed by atoms with E-state index in [0.717, 1.165) is 18.9 Å². The van der Waals surface area contributed by atoms with E-state index < -0.39 is 11.7 Å². The molecule has 0 atom stereocenters. The fraction of sp³-hybridized carbons (Fsp3) is 0.136. The number of hydrogen-bond acceptors (Lipinski definition) is 4. The molecule has 0 saturated heterocycles. The van der Waals surface area contributed by atoms with Crippen molar-refractivity contribution in [2.45, 2.75) is 19.3 Å². The number of rotatable bonds is 7. The van der Waals surface area contributed by atoms with Crippen LogP contribution in [0, 0.1) is 17.1 Å². The van der Waals surface area contributed by atoms with Gasteiger partial charge in [0.25, 0.3) is 5.91 Å². The molecule has 2 aromatic carbocycles. The Morgan fingerprint density at radius 2 is 1.86 bits per heavy atom. The molecule has 0 unspecified atom stereocenters. The predicted molar refractivity (Wildman–Crippen MR) is 111 cm³/mol. The molecule has 2 amide bonds. The molecule has 7 heteroatoms. The molecule has 0 spiro atoms. The van der Waals surface area contributed by atoms with Crippen molar-refractivity contribution in [2.75, 3.05) is 10.6 Å². The molecule has 0 radical (unpaired) electrons. The van der Waals surface area contributed by atoms with Crippen LogP contribution in [-0.2, 0) is 11.2 Å². The smallest absolute Gasteiger partial charge is 0.255 e. The Kier molecular flexibility index (Phi) is 6.72. The van der Waals surface area contributed by atoms with Crippen LogP contribution in [0.25, 0.3) is 0 Å². The molecule has 2 N–H and O–H groups in total. The number of halogens is 1. The largest absolute Gasteiger partial charge is 0.326 e. The molecule has 1 aromatic heterocycles. The van der Waals surface area contributed by atoms with Gasteiger partial charge in [-0.25, -0.2) is 4.39 Å². The molecular formula is C22H18FN3O2S. The lowest BCUT2D eigenvalue weighted by Crippen LogP contribution is -2.14. The summed E-state index contributed by atoms with van der Waals surface area (Å²) in [5.41, 5.74) is 1.03. The number of nitriles is 1. The number of amides is 2. The minimum Gasteiger partial charge on any atom is -0.326 e. The summed E-state index contributed by atoms with van der Waals surface area (Å²) in [5.74, 6) is -1.18. The van der Waals surface area contributed by atoms with Crippen molar-refractivity contribution in [1.29, 1.82) is 5.26 Å². The monoisotopic (exact) mass is 407 g/mol. The van der Waals surface area contributed by atoms with Gasteiger partial charge in [-0.15, -0.1) is 11.3 Å². The zero-order valence-corrected chi connectivity index (χ0v) is 16.3. The number of hydrogen-bond donors (Lipinski definition) is 2. The number of carbonyl (C=O) groups is 2. The van der Waals surface area contributed by atoms with Crippen molar-refractivity contribution >= 4 is 34.5 Å². The molecule has 0 aliphatic heterocycles. The lowest BCUT2D eigenvalue weighted by Gasteiger charge is -2.09. The first-order valence-corrected chi connectivity index (χ1v) is 9.86. The van der Waals surface area contributed by atoms with E-state index in [1.165, 1.54) is 17.0 Å². The van der Waals surface area contributed by atoms with Crippen LogP contribution in [0.15, 0.2) is 60.0 Å². The molecular weight excluding hydrogens is 389 g/mol. The summed E-state index contributed by atoms with van der Waals surface area (Å²) in [5, 5.41) is 16.3. The second kappa shape index (κ2) is 9.62. The molecule has 0 fully saturated rings. The molecule has 0 aliphatic rings. The lowest BCUT2D eigenvalue weighted by atomic mass is 10.1. The van der Waals surface area contributed by atoms with Crippen LogP contribution in [0.2, 0.25) is 0 Å². The second-order valence-corrected chi connectivity index (χ2v) is 7.35. The summed E-state index contributed by atoms with van der Waals surface area (Å²) in [4.78, 5) is 25.8. The van der Waals surface area contributed by atoms with Crippen LogP contribution >= 0.6 is 11.3 Å². The number of nitrogens with one attached hydrogen (secondary N) is 2. The number of thiophene rings is 1. The van der Waals surface area contributed by atoms with E-state index in [1.807, 2.05) is 17.5 Å². The van der Waals surface area contributed by atoms with Crippen molar-refractivity contribution in [3.63, 3.8) is 0 Å². The van der Waals surface area contributed by atoms with Gasteiger partial charge in [0.05, 0.1) is 5.56 Å². The summed E-state index contributed by atoms with van der Waals surface area (Å²) < 4.78 is 13.4. The van der Waals surface area contributed by atoms with Crippen LogP contribution in [-0.4, -0.2) is 11.8 Å². The average molecular weight is 407 g/mol. The van der Waals surface area contributed by atoms with E-state index in [4.69, 9.17) is 5.26 Å². The fourth-order valence-corrected chi connectivity index (χ4v) is 3.48. The molecule has 3 aromatic rings. The third-order valence-electron chi connectivity index (χ3n) is 4.16. The van der Waals surface area contributed by atoms with Gasteiger partial charge in [-0.1, -0.05) is 12.1 Å². The highest BCUT2D eigenvalue weighted by molar-refractivity contribution is 7.09. The van der Waals surface area contributed by atoms with Gasteiger partial charge in [0, 0.05) is 28.2 Å². The Bertz CT molecular complexity index is 1060. The minimum atomic E-state index is -0.644. The topological polar surface area (TPSA) is 82.0 Å². The average Bonchev–Trinajstić information content (AvgIpc) is 3.23. The quantitative estimate of drug-likeness (QED) is 0.580. The Balaban J connectivity index is 1.57. The number of anilines is 2. The van der Waals surface area contributed by atoms with Crippen molar-refractivity contribution < 1.29 is 14.0 Å². The Morgan fingerprint density at radius 3 is 2.62 bits per heavy atom. The SMILES string of the molecule is N#Cc1cc(NC(=O)c2cccc(NC(=O)CCCc3cccs3)c2)ccc1F. The molecule has 5 nitrogen and oxygen atoms in total. The highest BCUT2D eigenvalue weighted by Crippen LogP contribution is 2.17. The van der Waals surface area contributed by atoms with Crippen molar-refractivity contribution in [1.82, 2.24) is 0 Å². The molecule has 0 aliphatic carbocycles. The highest BCUT2D eigenvalue weighted by atomic mass is 32.1. The number of benzene rings is 2. The number of aryl methyl sites for hydroxylation is 1. The summed E-state index contributed by atoms with van der Waals surface area (Å²) >= 11 is 1.67. The molecule has 29 heavy (non-hydrogen) atoms. The summed E-state index contributed by atoms with van der Waals surface area (Å²) in [7, 11) is 0. The molecule has 0 bridgehead atoms. The number of carbonyl (C=O) groups excluding carboxylic acids is 2. The summed E-state index contributed by atoms with van der Waals surface area (Å²) in [6.45, 7) is 0. The van der Waals surface area contributed by atoms with E-state index in [9.17, 15) is 14.0 Å².